The lowest BCUT2D eigenvalue weighted by molar-refractivity contribution is 0.0696. The summed E-state index contributed by atoms with van der Waals surface area (Å²) in [5.41, 5.74) is 0.453. The molecule has 1 amide bonds. The Hall–Kier alpha value is -3.16. The van der Waals surface area contributed by atoms with Gasteiger partial charge in [-0.25, -0.2) is 9.59 Å². The Kier molecular flexibility index (Phi) is 3.70. The predicted molar refractivity (Wildman–Crippen MR) is 71.6 cm³/mol. The zero-order valence-electron chi connectivity index (χ0n) is 10.9. The van der Waals surface area contributed by atoms with E-state index in [0.717, 1.165) is 6.07 Å². The van der Waals surface area contributed by atoms with Crippen molar-refractivity contribution in [1.29, 1.82) is 0 Å². The number of hydrogen-bond acceptors (Lipinski definition) is 4. The van der Waals surface area contributed by atoms with Crippen LogP contribution in [0.15, 0.2) is 24.4 Å². The van der Waals surface area contributed by atoms with Gasteiger partial charge in [0.25, 0.3) is 5.91 Å². The van der Waals surface area contributed by atoms with E-state index in [2.05, 4.69) is 15.5 Å². The summed E-state index contributed by atoms with van der Waals surface area (Å²) in [4.78, 5) is 33.9. The summed E-state index contributed by atoms with van der Waals surface area (Å²) in [5.74, 6) is -3.08. The van der Waals surface area contributed by atoms with Crippen molar-refractivity contribution < 1.29 is 24.6 Å². The number of nitrogens with zero attached hydrogens (tertiary/aromatic N) is 1. The number of carbonyl (C=O) groups is 3. The van der Waals surface area contributed by atoms with Crippen LogP contribution in [-0.2, 0) is 0 Å². The maximum atomic E-state index is 12.0. The second-order valence-corrected chi connectivity index (χ2v) is 4.27. The first-order valence-electron chi connectivity index (χ1n) is 5.81. The van der Waals surface area contributed by atoms with Gasteiger partial charge < -0.3 is 15.5 Å². The van der Waals surface area contributed by atoms with Crippen LogP contribution in [-0.4, -0.2) is 38.3 Å². The lowest BCUT2D eigenvalue weighted by Gasteiger charge is -2.07. The summed E-state index contributed by atoms with van der Waals surface area (Å²) in [6.07, 6.45) is 1.32. The van der Waals surface area contributed by atoms with Gasteiger partial charge in [-0.15, -0.1) is 0 Å². The van der Waals surface area contributed by atoms with Crippen molar-refractivity contribution >= 4 is 23.5 Å². The molecule has 0 saturated heterocycles. The number of hydrogen-bond donors (Lipinski definition) is 4. The van der Waals surface area contributed by atoms with Gasteiger partial charge >= 0.3 is 11.9 Å². The molecule has 8 heteroatoms. The average Bonchev–Trinajstić information content (AvgIpc) is 2.84. The molecule has 0 spiro atoms. The van der Waals surface area contributed by atoms with Gasteiger partial charge in [0.1, 0.15) is 0 Å². The van der Waals surface area contributed by atoms with Crippen molar-refractivity contribution in [2.24, 2.45) is 0 Å². The first-order valence-corrected chi connectivity index (χ1v) is 5.81. The number of rotatable bonds is 4. The molecule has 0 aliphatic rings. The van der Waals surface area contributed by atoms with E-state index in [-0.39, 0.29) is 22.4 Å². The van der Waals surface area contributed by atoms with Crippen LogP contribution < -0.4 is 5.32 Å². The van der Waals surface area contributed by atoms with E-state index in [4.69, 9.17) is 10.2 Å². The summed E-state index contributed by atoms with van der Waals surface area (Å²) in [7, 11) is 0. The zero-order chi connectivity index (χ0) is 15.6. The molecule has 0 atom stereocenters. The molecule has 0 radical (unpaired) electrons. The number of aryl methyl sites for hydroxylation is 1. The van der Waals surface area contributed by atoms with Crippen LogP contribution in [0.4, 0.5) is 5.69 Å². The Morgan fingerprint density at radius 3 is 2.10 bits per heavy atom. The quantitative estimate of drug-likeness (QED) is 0.672. The molecule has 0 saturated carbocycles. The van der Waals surface area contributed by atoms with Crippen LogP contribution in [0.2, 0.25) is 0 Å². The Morgan fingerprint density at radius 2 is 1.67 bits per heavy atom. The third-order valence-corrected chi connectivity index (χ3v) is 2.76. The lowest BCUT2D eigenvalue weighted by atomic mass is 10.1. The summed E-state index contributed by atoms with van der Waals surface area (Å²) in [6.45, 7) is 1.65. The largest absolute Gasteiger partial charge is 0.478 e. The average molecular weight is 289 g/mol. The van der Waals surface area contributed by atoms with Crippen LogP contribution in [0, 0.1) is 6.92 Å². The van der Waals surface area contributed by atoms with Gasteiger partial charge in [0.05, 0.1) is 22.9 Å². The van der Waals surface area contributed by atoms with E-state index in [1.54, 1.807) is 6.92 Å². The Bertz CT molecular complexity index is 703. The van der Waals surface area contributed by atoms with Crippen LogP contribution >= 0.6 is 0 Å². The van der Waals surface area contributed by atoms with Crippen molar-refractivity contribution in [3.63, 3.8) is 0 Å². The van der Waals surface area contributed by atoms with E-state index in [9.17, 15) is 14.4 Å². The van der Waals surface area contributed by atoms with Crippen molar-refractivity contribution in [2.75, 3.05) is 5.32 Å². The van der Waals surface area contributed by atoms with Crippen LogP contribution in [0.1, 0.15) is 36.8 Å². The summed E-state index contributed by atoms with van der Waals surface area (Å²) in [5, 5.41) is 26.7. The fourth-order valence-electron chi connectivity index (χ4n) is 1.72. The van der Waals surface area contributed by atoms with Crippen LogP contribution in [0.25, 0.3) is 0 Å². The summed E-state index contributed by atoms with van der Waals surface area (Å²) < 4.78 is 0. The molecule has 2 aromatic rings. The summed E-state index contributed by atoms with van der Waals surface area (Å²) in [6, 6.07) is 3.38. The first-order chi connectivity index (χ1) is 9.88. The summed E-state index contributed by atoms with van der Waals surface area (Å²) >= 11 is 0. The number of carboxylic acid groups (broad SMARTS) is 2. The molecule has 0 unspecified atom stereocenters. The van der Waals surface area contributed by atoms with E-state index in [0.29, 0.717) is 5.69 Å². The number of aromatic carboxylic acids is 2. The number of benzene rings is 1. The van der Waals surface area contributed by atoms with Gasteiger partial charge in [-0.3, -0.25) is 9.89 Å². The van der Waals surface area contributed by atoms with E-state index >= 15 is 0 Å². The molecular formula is C13H11N3O5. The monoisotopic (exact) mass is 289 g/mol. The number of aromatic nitrogens is 2. The molecule has 1 aromatic carbocycles. The van der Waals surface area contributed by atoms with E-state index in [1.165, 1.54) is 18.3 Å². The molecule has 1 heterocycles. The minimum Gasteiger partial charge on any atom is -0.478 e. The maximum absolute atomic E-state index is 12.0. The number of aromatic amines is 1. The number of amides is 1. The van der Waals surface area contributed by atoms with Crippen molar-refractivity contribution in [3.05, 3.63) is 46.8 Å². The van der Waals surface area contributed by atoms with Crippen LogP contribution in [0.3, 0.4) is 0 Å². The highest BCUT2D eigenvalue weighted by Crippen LogP contribution is 2.17. The Balaban J connectivity index is 2.35. The molecule has 4 N–H and O–H groups in total. The van der Waals surface area contributed by atoms with Gasteiger partial charge in [-0.1, -0.05) is 0 Å². The van der Waals surface area contributed by atoms with Crippen molar-refractivity contribution in [1.82, 2.24) is 10.2 Å². The molecule has 0 aliphatic heterocycles. The molecule has 108 valence electrons. The fourth-order valence-corrected chi connectivity index (χ4v) is 1.72. The third kappa shape index (κ3) is 3.06. The SMILES string of the molecule is Cc1[nH]ncc1C(=O)Nc1cc(C(=O)O)cc(C(=O)O)c1. The second-order valence-electron chi connectivity index (χ2n) is 4.27. The number of anilines is 1. The van der Waals surface area contributed by atoms with Gasteiger partial charge in [-0.2, -0.15) is 5.10 Å². The number of H-pyrrole nitrogens is 1. The van der Waals surface area contributed by atoms with Crippen molar-refractivity contribution in [2.45, 2.75) is 6.92 Å². The third-order valence-electron chi connectivity index (χ3n) is 2.76. The van der Waals surface area contributed by atoms with Crippen molar-refractivity contribution in [3.8, 4) is 0 Å². The van der Waals surface area contributed by atoms with Gasteiger partial charge in [0.15, 0.2) is 0 Å². The van der Waals surface area contributed by atoms with E-state index in [1.807, 2.05) is 0 Å². The molecule has 0 aliphatic carbocycles. The smallest absolute Gasteiger partial charge is 0.335 e. The molecule has 2 rings (SSSR count). The molecule has 0 fully saturated rings. The predicted octanol–water partition coefficient (Wildman–Crippen LogP) is 1.37. The normalized spacial score (nSPS) is 10.1. The highest BCUT2D eigenvalue weighted by atomic mass is 16.4. The second kappa shape index (κ2) is 5.45. The van der Waals surface area contributed by atoms with Crippen LogP contribution in [0.5, 0.6) is 0 Å². The standard InChI is InChI=1S/C13H11N3O5/c1-6-10(5-14-16-6)11(17)15-9-3-7(12(18)19)2-8(4-9)13(20)21/h2-5H,1H3,(H,14,16)(H,15,17)(H,18,19)(H,20,21). The van der Waals surface area contributed by atoms with Gasteiger partial charge in [-0.05, 0) is 25.1 Å². The number of nitrogens with one attached hydrogen (secondary N) is 2. The van der Waals surface area contributed by atoms with Gasteiger partial charge in [0, 0.05) is 11.4 Å². The van der Waals surface area contributed by atoms with Gasteiger partial charge in [0.2, 0.25) is 0 Å². The topological polar surface area (TPSA) is 132 Å². The Labute approximate surface area is 118 Å². The number of carboxylic acids is 2. The molecule has 0 bridgehead atoms. The van der Waals surface area contributed by atoms with E-state index < -0.39 is 17.8 Å². The molecule has 1 aromatic heterocycles. The highest BCUT2D eigenvalue weighted by molar-refractivity contribution is 6.06. The lowest BCUT2D eigenvalue weighted by Crippen LogP contribution is -2.14. The minimum atomic E-state index is -1.28. The fraction of sp³-hybridized carbons (Fsp3) is 0.0769. The number of carbonyl (C=O) groups excluding carboxylic acids is 1. The first kappa shape index (κ1) is 14.3. The molecule has 8 nitrogen and oxygen atoms in total. The molecule has 21 heavy (non-hydrogen) atoms. The zero-order valence-corrected chi connectivity index (χ0v) is 10.9. The highest BCUT2D eigenvalue weighted by Gasteiger charge is 2.15. The minimum absolute atomic E-state index is 0.0814. The maximum Gasteiger partial charge on any atom is 0.335 e. The molecular weight excluding hydrogens is 278 g/mol. The Morgan fingerprint density at radius 1 is 1.10 bits per heavy atom.